The molecule has 0 bridgehead atoms. The van der Waals surface area contributed by atoms with Gasteiger partial charge < -0.3 is 21.3 Å². The monoisotopic (exact) mass is 526 g/mol. The van der Waals surface area contributed by atoms with E-state index >= 15 is 0 Å². The molecule has 2 aromatic carbocycles. The molecule has 0 aromatic heterocycles. The molecule has 4 N–H and O–H groups in total. The Hall–Kier alpha value is -3.33. The average Bonchev–Trinajstić information content (AvgIpc) is 2.90. The Labute approximate surface area is 224 Å². The number of rotatable bonds is 14. The van der Waals surface area contributed by atoms with Gasteiger partial charge in [-0.25, -0.2) is 0 Å². The van der Waals surface area contributed by atoms with Crippen molar-refractivity contribution < 1.29 is 19.2 Å². The number of benzene rings is 2. The van der Waals surface area contributed by atoms with Gasteiger partial charge in [-0.1, -0.05) is 62.4 Å². The zero-order valence-electron chi connectivity index (χ0n) is 21.7. The summed E-state index contributed by atoms with van der Waals surface area (Å²) < 4.78 is 0. The van der Waals surface area contributed by atoms with Crippen LogP contribution in [0.4, 0.5) is 0 Å². The zero-order valence-corrected chi connectivity index (χ0v) is 22.6. The lowest BCUT2D eigenvalue weighted by molar-refractivity contribution is -0.132. The second kappa shape index (κ2) is 15.7. The first-order valence-electron chi connectivity index (χ1n) is 12.6. The van der Waals surface area contributed by atoms with Gasteiger partial charge in [-0.2, -0.15) is 12.6 Å². The SMILES string of the molecule is CNC(=O)[C@H](Cc1ccccc1)NC(=O)C(CC(C)C)NC(=O)C(S)CCCNC(=O)c1ccccc1. The number of nitrogens with one attached hydrogen (secondary N) is 4. The van der Waals surface area contributed by atoms with E-state index in [9.17, 15) is 19.2 Å². The second-order valence-corrected chi connectivity index (χ2v) is 9.96. The molecular weight excluding hydrogens is 488 g/mol. The summed E-state index contributed by atoms with van der Waals surface area (Å²) in [7, 11) is 1.52. The summed E-state index contributed by atoms with van der Waals surface area (Å²) in [5.74, 6) is -1.12. The van der Waals surface area contributed by atoms with E-state index in [0.717, 1.165) is 5.56 Å². The van der Waals surface area contributed by atoms with Gasteiger partial charge in [0.2, 0.25) is 17.7 Å². The molecule has 37 heavy (non-hydrogen) atoms. The third-order valence-corrected chi connectivity index (χ3v) is 6.27. The Bertz CT molecular complexity index is 1020. The molecule has 3 atom stereocenters. The molecule has 0 spiro atoms. The fourth-order valence-electron chi connectivity index (χ4n) is 3.80. The smallest absolute Gasteiger partial charge is 0.251 e. The first-order chi connectivity index (χ1) is 17.7. The maximum absolute atomic E-state index is 13.1. The molecule has 2 aromatic rings. The van der Waals surface area contributed by atoms with Crippen molar-refractivity contribution in [2.75, 3.05) is 13.6 Å². The van der Waals surface area contributed by atoms with Crippen LogP contribution in [-0.4, -0.2) is 54.6 Å². The predicted molar refractivity (Wildman–Crippen MR) is 148 cm³/mol. The van der Waals surface area contributed by atoms with Crippen LogP contribution >= 0.6 is 12.6 Å². The molecule has 0 radical (unpaired) electrons. The third kappa shape index (κ3) is 10.7. The molecule has 4 amide bonds. The van der Waals surface area contributed by atoms with Crippen molar-refractivity contribution in [2.45, 2.75) is 56.9 Å². The first-order valence-corrected chi connectivity index (χ1v) is 13.1. The van der Waals surface area contributed by atoms with Crippen LogP contribution in [-0.2, 0) is 20.8 Å². The highest BCUT2D eigenvalue weighted by atomic mass is 32.1. The van der Waals surface area contributed by atoms with Gasteiger partial charge in [0.25, 0.3) is 5.91 Å². The minimum Gasteiger partial charge on any atom is -0.357 e. The van der Waals surface area contributed by atoms with Crippen LogP contribution in [0, 0.1) is 5.92 Å². The maximum Gasteiger partial charge on any atom is 0.251 e. The third-order valence-electron chi connectivity index (χ3n) is 5.78. The second-order valence-electron chi connectivity index (χ2n) is 9.34. The highest BCUT2D eigenvalue weighted by Crippen LogP contribution is 2.11. The molecule has 0 saturated carbocycles. The van der Waals surface area contributed by atoms with Crippen molar-refractivity contribution in [1.82, 2.24) is 21.3 Å². The Morgan fingerprint density at radius 2 is 1.41 bits per heavy atom. The fraction of sp³-hybridized carbons (Fsp3) is 0.429. The highest BCUT2D eigenvalue weighted by Gasteiger charge is 2.28. The summed E-state index contributed by atoms with van der Waals surface area (Å²) in [6.07, 6.45) is 1.72. The van der Waals surface area contributed by atoms with Crippen LogP contribution < -0.4 is 21.3 Å². The lowest BCUT2D eigenvalue weighted by Gasteiger charge is -2.25. The largest absolute Gasteiger partial charge is 0.357 e. The van der Waals surface area contributed by atoms with Crippen LogP contribution in [0.15, 0.2) is 60.7 Å². The van der Waals surface area contributed by atoms with E-state index < -0.39 is 23.2 Å². The summed E-state index contributed by atoms with van der Waals surface area (Å²) in [5, 5.41) is 10.4. The van der Waals surface area contributed by atoms with Crippen molar-refractivity contribution >= 4 is 36.3 Å². The van der Waals surface area contributed by atoms with Gasteiger partial charge in [0.05, 0.1) is 5.25 Å². The summed E-state index contributed by atoms with van der Waals surface area (Å²) in [4.78, 5) is 50.6. The Morgan fingerprint density at radius 3 is 2.00 bits per heavy atom. The number of hydrogen-bond donors (Lipinski definition) is 5. The average molecular weight is 527 g/mol. The van der Waals surface area contributed by atoms with E-state index in [-0.39, 0.29) is 23.6 Å². The van der Waals surface area contributed by atoms with Crippen molar-refractivity contribution in [1.29, 1.82) is 0 Å². The van der Waals surface area contributed by atoms with E-state index in [1.807, 2.05) is 50.2 Å². The lowest BCUT2D eigenvalue weighted by atomic mass is 10.0. The molecule has 9 heteroatoms. The van der Waals surface area contributed by atoms with Gasteiger partial charge in [0, 0.05) is 25.6 Å². The minimum absolute atomic E-state index is 0.134. The van der Waals surface area contributed by atoms with E-state index in [1.165, 1.54) is 7.05 Å². The van der Waals surface area contributed by atoms with E-state index in [4.69, 9.17) is 0 Å². The van der Waals surface area contributed by atoms with Crippen LogP contribution in [0.25, 0.3) is 0 Å². The first kappa shape index (κ1) is 29.9. The number of amides is 4. The number of likely N-dealkylation sites (N-methyl/N-ethyl adjacent to an activating group) is 1. The number of thiol groups is 1. The fourth-order valence-corrected chi connectivity index (χ4v) is 4.05. The lowest BCUT2D eigenvalue weighted by Crippen LogP contribution is -2.55. The summed E-state index contributed by atoms with van der Waals surface area (Å²) in [5.41, 5.74) is 1.49. The zero-order chi connectivity index (χ0) is 27.2. The summed E-state index contributed by atoms with van der Waals surface area (Å²) in [6, 6.07) is 16.8. The summed E-state index contributed by atoms with van der Waals surface area (Å²) in [6.45, 7) is 4.32. The Morgan fingerprint density at radius 1 is 0.811 bits per heavy atom. The van der Waals surface area contributed by atoms with Crippen LogP contribution in [0.2, 0.25) is 0 Å². The predicted octanol–water partition coefficient (Wildman–Crippen LogP) is 2.50. The van der Waals surface area contributed by atoms with Crippen molar-refractivity contribution in [2.24, 2.45) is 5.92 Å². The normalized spacial score (nSPS) is 13.2. The summed E-state index contributed by atoms with van der Waals surface area (Å²) >= 11 is 4.42. The minimum atomic E-state index is -0.803. The molecule has 8 nitrogen and oxygen atoms in total. The van der Waals surface area contributed by atoms with E-state index in [2.05, 4.69) is 33.9 Å². The van der Waals surface area contributed by atoms with Gasteiger partial charge in [-0.05, 0) is 42.9 Å². The number of carbonyl (C=O) groups is 4. The van der Waals surface area contributed by atoms with Gasteiger partial charge in [-0.3, -0.25) is 19.2 Å². The van der Waals surface area contributed by atoms with Gasteiger partial charge in [0.15, 0.2) is 0 Å². The van der Waals surface area contributed by atoms with Crippen LogP contribution in [0.5, 0.6) is 0 Å². The molecule has 0 fully saturated rings. The molecule has 0 saturated heterocycles. The van der Waals surface area contributed by atoms with Gasteiger partial charge in [-0.15, -0.1) is 0 Å². The maximum atomic E-state index is 13.1. The van der Waals surface area contributed by atoms with Crippen LogP contribution in [0.1, 0.15) is 49.0 Å². The number of carbonyl (C=O) groups excluding carboxylic acids is 4. The molecule has 0 aliphatic heterocycles. The molecule has 200 valence electrons. The Kier molecular flexibility index (Phi) is 12.7. The van der Waals surface area contributed by atoms with Crippen LogP contribution in [0.3, 0.4) is 0 Å². The van der Waals surface area contributed by atoms with Gasteiger partial charge >= 0.3 is 0 Å². The van der Waals surface area contributed by atoms with Crippen molar-refractivity contribution in [3.8, 4) is 0 Å². The standard InChI is InChI=1S/C28H38N4O4S/c1-19(2)17-22(27(35)31-23(26(34)29-3)18-20-11-6-4-7-12-20)32-28(36)24(37)15-10-16-30-25(33)21-13-8-5-9-14-21/h4-9,11-14,19,22-24,37H,10,15-18H2,1-3H3,(H,29,34)(H,30,33)(H,31,35)(H,32,36)/t22?,23-,24?/m0/s1. The highest BCUT2D eigenvalue weighted by molar-refractivity contribution is 7.81. The quantitative estimate of drug-likeness (QED) is 0.192. The van der Waals surface area contributed by atoms with E-state index in [1.54, 1.807) is 24.3 Å². The molecular formula is C28H38N4O4S. The number of hydrogen-bond acceptors (Lipinski definition) is 5. The molecule has 2 unspecified atom stereocenters. The Balaban J connectivity index is 1.91. The molecule has 2 rings (SSSR count). The molecule has 0 aliphatic rings. The molecule has 0 heterocycles. The topological polar surface area (TPSA) is 116 Å². The van der Waals surface area contributed by atoms with Crippen molar-refractivity contribution in [3.63, 3.8) is 0 Å². The molecule has 0 aliphatic carbocycles. The van der Waals surface area contributed by atoms with Gasteiger partial charge in [0.1, 0.15) is 12.1 Å². The van der Waals surface area contributed by atoms with E-state index in [0.29, 0.717) is 37.8 Å². The van der Waals surface area contributed by atoms with Crippen molar-refractivity contribution in [3.05, 3.63) is 71.8 Å².